The molecule has 0 aromatic heterocycles. The van der Waals surface area contributed by atoms with Crippen molar-refractivity contribution in [3.05, 3.63) is 48.0 Å². The Kier molecular flexibility index (Phi) is 5.88. The van der Waals surface area contributed by atoms with Crippen LogP contribution in [0.25, 0.3) is 0 Å². The van der Waals surface area contributed by atoms with Crippen molar-refractivity contribution < 1.29 is 18.7 Å². The maximum Gasteiger partial charge on any atom is 0.326 e. The SMILES string of the molecule is C[C@@H](CCCc1ccccc1)[C@H](O)/C=C\[C@H]1CC(F)(F)C(=O)N1. The highest BCUT2D eigenvalue weighted by molar-refractivity contribution is 5.86. The largest absolute Gasteiger partial charge is 0.389 e. The first kappa shape index (κ1) is 17.6. The van der Waals surface area contributed by atoms with Crippen LogP contribution in [-0.4, -0.2) is 29.1 Å². The number of halogens is 2. The van der Waals surface area contributed by atoms with Crippen LogP contribution < -0.4 is 5.32 Å². The number of carbonyl (C=O) groups excluding carboxylic acids is 1. The van der Waals surface area contributed by atoms with E-state index in [1.807, 2.05) is 25.1 Å². The molecular formula is C18H23F2NO2. The molecule has 1 aliphatic rings. The summed E-state index contributed by atoms with van der Waals surface area (Å²) in [6.45, 7) is 1.93. The Morgan fingerprint density at radius 1 is 1.39 bits per heavy atom. The van der Waals surface area contributed by atoms with Crippen LogP contribution >= 0.6 is 0 Å². The summed E-state index contributed by atoms with van der Waals surface area (Å²) in [5.74, 6) is -4.51. The van der Waals surface area contributed by atoms with Gasteiger partial charge in [0.2, 0.25) is 0 Å². The molecule has 1 aliphatic heterocycles. The molecule has 5 heteroatoms. The van der Waals surface area contributed by atoms with Gasteiger partial charge in [-0.25, -0.2) is 0 Å². The third-order valence-corrected chi connectivity index (χ3v) is 4.22. The Balaban J connectivity index is 1.73. The fraction of sp³-hybridized carbons (Fsp3) is 0.500. The normalized spacial score (nSPS) is 23.0. The molecule has 1 amide bonds. The van der Waals surface area contributed by atoms with Gasteiger partial charge in [0.05, 0.1) is 12.1 Å². The lowest BCUT2D eigenvalue weighted by molar-refractivity contribution is -0.139. The number of alkyl halides is 2. The summed E-state index contributed by atoms with van der Waals surface area (Å²) < 4.78 is 26.2. The van der Waals surface area contributed by atoms with E-state index < -0.39 is 30.4 Å². The number of aliphatic hydroxyl groups is 1. The first-order chi connectivity index (χ1) is 10.9. The second-order valence-corrected chi connectivity index (χ2v) is 6.22. The molecule has 0 spiro atoms. The highest BCUT2D eigenvalue weighted by Crippen LogP contribution is 2.27. The summed E-state index contributed by atoms with van der Waals surface area (Å²) in [7, 11) is 0. The molecule has 3 atom stereocenters. The number of benzene rings is 1. The predicted molar refractivity (Wildman–Crippen MR) is 85.2 cm³/mol. The molecule has 0 unspecified atom stereocenters. The minimum atomic E-state index is -3.30. The van der Waals surface area contributed by atoms with E-state index in [-0.39, 0.29) is 5.92 Å². The number of hydrogen-bond donors (Lipinski definition) is 2. The van der Waals surface area contributed by atoms with Crippen molar-refractivity contribution in [1.82, 2.24) is 5.32 Å². The molecule has 23 heavy (non-hydrogen) atoms. The van der Waals surface area contributed by atoms with E-state index >= 15 is 0 Å². The Bertz CT molecular complexity index is 545. The molecule has 1 heterocycles. The summed E-state index contributed by atoms with van der Waals surface area (Å²) >= 11 is 0. The van der Waals surface area contributed by atoms with Crippen molar-refractivity contribution in [2.24, 2.45) is 5.92 Å². The lowest BCUT2D eigenvalue weighted by atomic mass is 9.95. The number of rotatable bonds is 7. The highest BCUT2D eigenvalue weighted by Gasteiger charge is 2.47. The van der Waals surface area contributed by atoms with Gasteiger partial charge < -0.3 is 10.4 Å². The third kappa shape index (κ3) is 5.13. The average Bonchev–Trinajstić information content (AvgIpc) is 2.78. The van der Waals surface area contributed by atoms with Crippen LogP contribution in [0.3, 0.4) is 0 Å². The minimum Gasteiger partial charge on any atom is -0.389 e. The van der Waals surface area contributed by atoms with Gasteiger partial charge in [0.1, 0.15) is 0 Å². The Morgan fingerprint density at radius 2 is 2.09 bits per heavy atom. The molecule has 1 aromatic carbocycles. The van der Waals surface area contributed by atoms with Crippen LogP contribution in [0.1, 0.15) is 31.7 Å². The standard InChI is InChI=1S/C18H23F2NO2/c1-13(6-5-9-14-7-3-2-4-8-14)16(22)11-10-15-12-18(19,20)17(23)21-15/h2-4,7-8,10-11,13,15-16,22H,5-6,9,12H2,1H3,(H,21,23)/b11-10-/t13-,15-,16+/m0/s1. The lowest BCUT2D eigenvalue weighted by Crippen LogP contribution is -2.30. The second kappa shape index (κ2) is 7.68. The zero-order chi connectivity index (χ0) is 16.9. The molecule has 126 valence electrons. The Hall–Kier alpha value is -1.75. The fourth-order valence-electron chi connectivity index (χ4n) is 2.69. The van der Waals surface area contributed by atoms with Crippen LogP contribution in [0.5, 0.6) is 0 Å². The first-order valence-corrected chi connectivity index (χ1v) is 7.97. The van der Waals surface area contributed by atoms with E-state index in [9.17, 15) is 18.7 Å². The number of aryl methyl sites for hydroxylation is 1. The van der Waals surface area contributed by atoms with Crippen LogP contribution in [0, 0.1) is 5.92 Å². The first-order valence-electron chi connectivity index (χ1n) is 7.97. The number of nitrogens with one attached hydrogen (secondary N) is 1. The molecule has 1 saturated heterocycles. The van der Waals surface area contributed by atoms with Crippen LogP contribution in [-0.2, 0) is 11.2 Å². The van der Waals surface area contributed by atoms with Gasteiger partial charge in [0.15, 0.2) is 0 Å². The molecule has 2 N–H and O–H groups in total. The monoisotopic (exact) mass is 323 g/mol. The molecular weight excluding hydrogens is 300 g/mol. The molecule has 1 aromatic rings. The van der Waals surface area contributed by atoms with Gasteiger partial charge in [-0.2, -0.15) is 8.78 Å². The average molecular weight is 323 g/mol. The number of hydrogen-bond acceptors (Lipinski definition) is 2. The van der Waals surface area contributed by atoms with E-state index in [0.717, 1.165) is 19.3 Å². The molecule has 0 aliphatic carbocycles. The van der Waals surface area contributed by atoms with E-state index in [4.69, 9.17) is 0 Å². The zero-order valence-corrected chi connectivity index (χ0v) is 13.2. The molecule has 1 fully saturated rings. The van der Waals surface area contributed by atoms with Gasteiger partial charge in [-0.1, -0.05) is 49.4 Å². The van der Waals surface area contributed by atoms with Gasteiger partial charge in [-0.3, -0.25) is 4.79 Å². The molecule has 0 bridgehead atoms. The van der Waals surface area contributed by atoms with Crippen LogP contribution in [0.4, 0.5) is 8.78 Å². The zero-order valence-electron chi connectivity index (χ0n) is 13.2. The third-order valence-electron chi connectivity index (χ3n) is 4.22. The van der Waals surface area contributed by atoms with Gasteiger partial charge in [0, 0.05) is 6.42 Å². The number of carbonyl (C=O) groups is 1. The maximum absolute atomic E-state index is 13.1. The quantitative estimate of drug-likeness (QED) is 0.758. The summed E-state index contributed by atoms with van der Waals surface area (Å²) in [6, 6.07) is 9.42. The predicted octanol–water partition coefficient (Wildman–Crippen LogP) is 3.09. The molecule has 0 radical (unpaired) electrons. The number of amides is 1. The van der Waals surface area contributed by atoms with Crippen molar-refractivity contribution in [1.29, 1.82) is 0 Å². The van der Waals surface area contributed by atoms with Gasteiger partial charge in [-0.15, -0.1) is 0 Å². The second-order valence-electron chi connectivity index (χ2n) is 6.22. The smallest absolute Gasteiger partial charge is 0.326 e. The van der Waals surface area contributed by atoms with Crippen molar-refractivity contribution >= 4 is 5.91 Å². The fourth-order valence-corrected chi connectivity index (χ4v) is 2.69. The van der Waals surface area contributed by atoms with Crippen LogP contribution in [0.15, 0.2) is 42.5 Å². The highest BCUT2D eigenvalue weighted by atomic mass is 19.3. The van der Waals surface area contributed by atoms with Crippen molar-refractivity contribution in [3.8, 4) is 0 Å². The van der Waals surface area contributed by atoms with E-state index in [0.29, 0.717) is 0 Å². The minimum absolute atomic E-state index is 0.0348. The van der Waals surface area contributed by atoms with Gasteiger partial charge in [-0.05, 0) is 30.7 Å². The molecule has 2 rings (SSSR count). The Morgan fingerprint density at radius 3 is 2.70 bits per heavy atom. The Labute approximate surface area is 135 Å². The topological polar surface area (TPSA) is 49.3 Å². The summed E-state index contributed by atoms with van der Waals surface area (Å²) in [6.07, 6.45) is 4.49. The summed E-state index contributed by atoms with van der Waals surface area (Å²) in [5.41, 5.74) is 1.26. The van der Waals surface area contributed by atoms with E-state index in [2.05, 4.69) is 17.4 Å². The molecule has 0 saturated carbocycles. The number of aliphatic hydroxyl groups excluding tert-OH is 1. The van der Waals surface area contributed by atoms with E-state index in [1.165, 1.54) is 17.7 Å². The summed E-state index contributed by atoms with van der Waals surface area (Å²) in [4.78, 5) is 11.0. The molecule has 3 nitrogen and oxygen atoms in total. The summed E-state index contributed by atoms with van der Waals surface area (Å²) in [5, 5.41) is 12.3. The maximum atomic E-state index is 13.1. The lowest BCUT2D eigenvalue weighted by Gasteiger charge is -2.16. The van der Waals surface area contributed by atoms with Crippen LogP contribution in [0.2, 0.25) is 0 Å². The van der Waals surface area contributed by atoms with Gasteiger partial charge >= 0.3 is 5.92 Å². The van der Waals surface area contributed by atoms with Crippen molar-refractivity contribution in [3.63, 3.8) is 0 Å². The van der Waals surface area contributed by atoms with Gasteiger partial charge in [0.25, 0.3) is 5.91 Å². The van der Waals surface area contributed by atoms with Crippen molar-refractivity contribution in [2.45, 2.75) is 50.7 Å². The van der Waals surface area contributed by atoms with Crippen molar-refractivity contribution in [2.75, 3.05) is 0 Å². The van der Waals surface area contributed by atoms with E-state index in [1.54, 1.807) is 0 Å².